The van der Waals surface area contributed by atoms with Crippen LogP contribution < -0.4 is 4.90 Å². The SMILES string of the molecule is CC(=O)c1ccc2cc(N(Cc3ccc4ccccc4c3)Cc3ccc4ccccc4c3)ccc2c1. The molecule has 0 radical (unpaired) electrons. The van der Waals surface area contributed by atoms with Gasteiger partial charge in [-0.15, -0.1) is 0 Å². The monoisotopic (exact) mass is 465 g/mol. The number of nitrogens with zero attached hydrogens (tertiary/aromatic N) is 1. The lowest BCUT2D eigenvalue weighted by Crippen LogP contribution is -2.22. The van der Waals surface area contributed by atoms with Crippen LogP contribution in [0.2, 0.25) is 0 Å². The van der Waals surface area contributed by atoms with Crippen LogP contribution in [0.25, 0.3) is 32.3 Å². The molecule has 6 aromatic carbocycles. The molecular formula is C34H27NO. The van der Waals surface area contributed by atoms with Crippen molar-refractivity contribution in [2.75, 3.05) is 4.90 Å². The van der Waals surface area contributed by atoms with E-state index in [2.05, 4.69) is 114 Å². The maximum Gasteiger partial charge on any atom is 0.159 e. The van der Waals surface area contributed by atoms with E-state index in [-0.39, 0.29) is 5.78 Å². The molecule has 0 aliphatic rings. The van der Waals surface area contributed by atoms with E-state index in [4.69, 9.17) is 0 Å². The number of fused-ring (bicyclic) bond motifs is 3. The average molecular weight is 466 g/mol. The molecule has 0 unspecified atom stereocenters. The fourth-order valence-electron chi connectivity index (χ4n) is 5.00. The van der Waals surface area contributed by atoms with Crippen molar-refractivity contribution in [2.24, 2.45) is 0 Å². The Morgan fingerprint density at radius 1 is 0.528 bits per heavy atom. The molecule has 0 aliphatic carbocycles. The molecular weight excluding hydrogens is 438 g/mol. The standard InChI is InChI=1S/C34H27NO/c1-24(36)29-14-15-33-21-34(17-16-32(33)20-29)35(22-25-10-12-27-6-2-4-8-30(27)18-25)23-26-11-13-28-7-3-5-9-31(28)19-26/h2-21H,22-23H2,1H3. The number of anilines is 1. The van der Waals surface area contributed by atoms with Crippen molar-refractivity contribution < 1.29 is 4.79 Å². The van der Waals surface area contributed by atoms with Crippen molar-refractivity contribution in [3.63, 3.8) is 0 Å². The smallest absolute Gasteiger partial charge is 0.159 e. The number of rotatable bonds is 6. The van der Waals surface area contributed by atoms with Crippen LogP contribution in [0.4, 0.5) is 5.69 Å². The van der Waals surface area contributed by atoms with E-state index in [0.29, 0.717) is 0 Å². The van der Waals surface area contributed by atoms with Gasteiger partial charge in [0.2, 0.25) is 0 Å². The van der Waals surface area contributed by atoms with Gasteiger partial charge < -0.3 is 4.90 Å². The molecule has 0 heterocycles. The molecule has 0 fully saturated rings. The van der Waals surface area contributed by atoms with Gasteiger partial charge in [0.05, 0.1) is 0 Å². The molecule has 0 N–H and O–H groups in total. The van der Waals surface area contributed by atoms with Crippen molar-refractivity contribution in [3.8, 4) is 0 Å². The summed E-state index contributed by atoms with van der Waals surface area (Å²) in [7, 11) is 0. The Balaban J connectivity index is 1.39. The summed E-state index contributed by atoms with van der Waals surface area (Å²) in [5.74, 6) is 0.0928. The van der Waals surface area contributed by atoms with Crippen LogP contribution in [0.1, 0.15) is 28.4 Å². The number of carbonyl (C=O) groups is 1. The van der Waals surface area contributed by atoms with Gasteiger partial charge in [-0.1, -0.05) is 91.0 Å². The third-order valence-corrected chi connectivity index (χ3v) is 6.97. The Labute approximate surface area is 211 Å². The number of carbonyl (C=O) groups excluding carboxylic acids is 1. The van der Waals surface area contributed by atoms with Crippen molar-refractivity contribution in [1.82, 2.24) is 0 Å². The van der Waals surface area contributed by atoms with Gasteiger partial charge in [0, 0.05) is 24.3 Å². The lowest BCUT2D eigenvalue weighted by molar-refractivity contribution is 0.101. The first-order chi connectivity index (χ1) is 17.6. The lowest BCUT2D eigenvalue weighted by atomic mass is 10.0. The molecule has 2 heteroatoms. The molecule has 6 aromatic rings. The molecule has 2 nitrogen and oxygen atoms in total. The summed E-state index contributed by atoms with van der Waals surface area (Å²) in [5, 5.41) is 7.26. The quantitative estimate of drug-likeness (QED) is 0.230. The Morgan fingerprint density at radius 3 is 1.58 bits per heavy atom. The maximum atomic E-state index is 11.8. The van der Waals surface area contributed by atoms with Gasteiger partial charge in [-0.25, -0.2) is 0 Å². The number of benzene rings is 6. The van der Waals surface area contributed by atoms with Gasteiger partial charge in [0.15, 0.2) is 5.78 Å². The molecule has 174 valence electrons. The van der Waals surface area contributed by atoms with Gasteiger partial charge in [-0.3, -0.25) is 4.79 Å². The number of hydrogen-bond donors (Lipinski definition) is 0. The van der Waals surface area contributed by atoms with E-state index in [9.17, 15) is 4.79 Å². The van der Waals surface area contributed by atoms with E-state index >= 15 is 0 Å². The zero-order valence-electron chi connectivity index (χ0n) is 20.3. The minimum absolute atomic E-state index is 0.0928. The second-order valence-corrected chi connectivity index (χ2v) is 9.52. The van der Waals surface area contributed by atoms with Crippen LogP contribution in [-0.4, -0.2) is 5.78 Å². The second kappa shape index (κ2) is 9.31. The van der Waals surface area contributed by atoms with Crippen LogP contribution in [0.5, 0.6) is 0 Å². The average Bonchev–Trinajstić information content (AvgIpc) is 2.92. The van der Waals surface area contributed by atoms with Crippen LogP contribution in [0, 0.1) is 0 Å². The molecule has 0 saturated heterocycles. The van der Waals surface area contributed by atoms with Crippen LogP contribution in [-0.2, 0) is 13.1 Å². The third-order valence-electron chi connectivity index (χ3n) is 6.97. The van der Waals surface area contributed by atoms with E-state index < -0.39 is 0 Å². The van der Waals surface area contributed by atoms with Gasteiger partial charge in [-0.05, 0) is 80.7 Å². The van der Waals surface area contributed by atoms with Crippen molar-refractivity contribution in [3.05, 3.63) is 138 Å². The van der Waals surface area contributed by atoms with Crippen LogP contribution in [0.15, 0.2) is 121 Å². The zero-order chi connectivity index (χ0) is 24.5. The normalized spacial score (nSPS) is 11.2. The highest BCUT2D eigenvalue weighted by Gasteiger charge is 2.12. The fourth-order valence-corrected chi connectivity index (χ4v) is 5.00. The lowest BCUT2D eigenvalue weighted by Gasteiger charge is -2.26. The number of Topliss-reactive ketones (excluding diaryl/α,β-unsaturated/α-hetero) is 1. The van der Waals surface area contributed by atoms with Gasteiger partial charge in [0.1, 0.15) is 0 Å². The molecule has 0 saturated carbocycles. The summed E-state index contributed by atoms with van der Waals surface area (Å²) in [5.41, 5.74) is 4.47. The van der Waals surface area contributed by atoms with E-state index in [1.54, 1.807) is 6.92 Å². The van der Waals surface area contributed by atoms with E-state index in [1.165, 1.54) is 38.4 Å². The molecule has 6 rings (SSSR count). The minimum Gasteiger partial charge on any atom is -0.363 e. The molecule has 0 atom stereocenters. The fraction of sp³-hybridized carbons (Fsp3) is 0.0882. The maximum absolute atomic E-state index is 11.8. The van der Waals surface area contributed by atoms with Gasteiger partial charge in [-0.2, -0.15) is 0 Å². The molecule has 36 heavy (non-hydrogen) atoms. The Bertz CT molecular complexity index is 1650. The molecule has 0 amide bonds. The molecule has 0 aliphatic heterocycles. The summed E-state index contributed by atoms with van der Waals surface area (Å²) >= 11 is 0. The summed E-state index contributed by atoms with van der Waals surface area (Å²) < 4.78 is 0. The zero-order valence-corrected chi connectivity index (χ0v) is 20.3. The predicted octanol–water partition coefficient (Wildman–Crippen LogP) is 8.56. The number of hydrogen-bond acceptors (Lipinski definition) is 2. The third kappa shape index (κ3) is 4.46. The Kier molecular flexibility index (Phi) is 5.71. The van der Waals surface area contributed by atoms with Crippen LogP contribution in [0.3, 0.4) is 0 Å². The van der Waals surface area contributed by atoms with Crippen molar-refractivity contribution >= 4 is 43.8 Å². The van der Waals surface area contributed by atoms with Gasteiger partial charge in [0.25, 0.3) is 0 Å². The number of ketones is 1. The first-order valence-corrected chi connectivity index (χ1v) is 12.4. The van der Waals surface area contributed by atoms with Crippen molar-refractivity contribution in [1.29, 1.82) is 0 Å². The summed E-state index contributed by atoms with van der Waals surface area (Å²) in [4.78, 5) is 14.3. The topological polar surface area (TPSA) is 20.3 Å². The molecule has 0 bridgehead atoms. The van der Waals surface area contributed by atoms with E-state index in [1.807, 2.05) is 12.1 Å². The first-order valence-electron chi connectivity index (χ1n) is 12.4. The van der Waals surface area contributed by atoms with Gasteiger partial charge >= 0.3 is 0 Å². The Hall–Kier alpha value is -4.43. The van der Waals surface area contributed by atoms with E-state index in [0.717, 1.165) is 29.4 Å². The predicted molar refractivity (Wildman–Crippen MR) is 152 cm³/mol. The summed E-state index contributed by atoms with van der Waals surface area (Å²) in [6.45, 7) is 3.22. The Morgan fingerprint density at radius 2 is 1.00 bits per heavy atom. The highest BCUT2D eigenvalue weighted by molar-refractivity contribution is 5.99. The van der Waals surface area contributed by atoms with Crippen LogP contribution >= 0.6 is 0 Å². The summed E-state index contributed by atoms with van der Waals surface area (Å²) in [6.07, 6.45) is 0. The van der Waals surface area contributed by atoms with Crippen molar-refractivity contribution in [2.45, 2.75) is 20.0 Å². The largest absolute Gasteiger partial charge is 0.363 e. The minimum atomic E-state index is 0.0928. The highest BCUT2D eigenvalue weighted by atomic mass is 16.1. The summed E-state index contributed by atoms with van der Waals surface area (Å²) in [6, 6.07) is 43.0. The first kappa shape index (κ1) is 22.1. The highest BCUT2D eigenvalue weighted by Crippen LogP contribution is 2.28. The second-order valence-electron chi connectivity index (χ2n) is 9.52. The molecule has 0 aromatic heterocycles. The molecule has 0 spiro atoms.